The summed E-state index contributed by atoms with van der Waals surface area (Å²) in [5.74, 6) is 0.729. The van der Waals surface area contributed by atoms with Gasteiger partial charge in [0.05, 0.1) is 6.54 Å². The van der Waals surface area contributed by atoms with E-state index in [0.29, 0.717) is 12.5 Å². The van der Waals surface area contributed by atoms with Crippen molar-refractivity contribution in [3.05, 3.63) is 24.5 Å². The van der Waals surface area contributed by atoms with Gasteiger partial charge in [-0.2, -0.15) is 0 Å². The lowest BCUT2D eigenvalue weighted by molar-refractivity contribution is -0.123. The van der Waals surface area contributed by atoms with Crippen LogP contribution in [0.1, 0.15) is 25.7 Å². The normalized spacial score (nSPS) is 18.7. The number of carboxylic acid groups (broad SMARTS) is 2. The van der Waals surface area contributed by atoms with Gasteiger partial charge in [-0.3, -0.25) is 24.3 Å². The smallest absolute Gasteiger partial charge is 0.290 e. The maximum atomic E-state index is 12.0. The number of nitrogens with one attached hydrogen (secondary N) is 1. The van der Waals surface area contributed by atoms with Gasteiger partial charge in [-0.1, -0.05) is 0 Å². The van der Waals surface area contributed by atoms with Crippen LogP contribution in [0.5, 0.6) is 0 Å². The van der Waals surface area contributed by atoms with Crippen molar-refractivity contribution >= 4 is 24.5 Å². The molecular weight excluding hydrogens is 364 g/mol. The molecule has 1 aromatic heterocycles. The van der Waals surface area contributed by atoms with Crippen LogP contribution >= 0.6 is 0 Å². The van der Waals surface area contributed by atoms with Crippen LogP contribution < -0.4 is 10.2 Å². The average Bonchev–Trinajstić information content (AvgIpc) is 3.22. The topological polar surface area (TPSA) is 123 Å². The number of likely N-dealkylation sites (tertiary alicyclic amines) is 1. The molecule has 0 aliphatic carbocycles. The van der Waals surface area contributed by atoms with Gasteiger partial charge in [0.15, 0.2) is 0 Å². The van der Waals surface area contributed by atoms with Crippen molar-refractivity contribution < 1.29 is 24.6 Å². The summed E-state index contributed by atoms with van der Waals surface area (Å²) in [4.78, 5) is 37.5. The van der Waals surface area contributed by atoms with Crippen molar-refractivity contribution in [3.8, 4) is 0 Å². The van der Waals surface area contributed by atoms with Crippen molar-refractivity contribution in [3.63, 3.8) is 0 Å². The largest absolute Gasteiger partial charge is 0.483 e. The summed E-state index contributed by atoms with van der Waals surface area (Å²) in [6, 6.07) is 4.13. The molecule has 1 aromatic rings. The zero-order valence-electron chi connectivity index (χ0n) is 16.1. The molecule has 0 bridgehead atoms. The number of carbonyl (C=O) groups excluding carboxylic acids is 1. The number of aromatic nitrogens is 1. The molecule has 3 N–H and O–H groups in total. The molecule has 0 spiro atoms. The number of nitrogens with zero attached hydrogens (tertiary/aromatic N) is 3. The highest BCUT2D eigenvalue weighted by molar-refractivity contribution is 5.78. The zero-order valence-corrected chi connectivity index (χ0v) is 16.1. The summed E-state index contributed by atoms with van der Waals surface area (Å²) in [6.45, 7) is 5.14. The number of anilines is 1. The number of carbonyl (C=O) groups is 3. The highest BCUT2D eigenvalue weighted by atomic mass is 16.3. The lowest BCUT2D eigenvalue weighted by Gasteiger charge is -2.34. The molecule has 3 rings (SSSR count). The first-order valence-electron chi connectivity index (χ1n) is 9.44. The van der Waals surface area contributed by atoms with Crippen LogP contribution in [-0.4, -0.2) is 78.2 Å². The van der Waals surface area contributed by atoms with Crippen molar-refractivity contribution in [1.82, 2.24) is 15.2 Å². The molecular formula is C19H30N4O5. The number of piperidine rings is 1. The van der Waals surface area contributed by atoms with Crippen molar-refractivity contribution in [2.45, 2.75) is 25.7 Å². The second kappa shape index (κ2) is 14.4. The van der Waals surface area contributed by atoms with Crippen molar-refractivity contribution in [1.29, 1.82) is 0 Å². The number of pyridine rings is 1. The van der Waals surface area contributed by atoms with E-state index in [9.17, 15) is 4.79 Å². The SMILES string of the molecule is O=C(CN1CCCC1)NCC1CCCN(c2ccncc2)C1.O=CO.O=CO. The standard InChI is InChI=1S/C17H26N4O.2CH2O2/c22-17(14-20-9-1-2-10-20)19-12-15-4-3-11-21(13-15)16-5-7-18-8-6-16;2*2-1-3/h5-8,15H,1-4,9-14H2,(H,19,22);2*1H,(H,2,3). The number of hydrogen-bond donors (Lipinski definition) is 3. The Kier molecular flexibility index (Phi) is 12.0. The third kappa shape index (κ3) is 9.31. The van der Waals surface area contributed by atoms with E-state index in [4.69, 9.17) is 19.8 Å². The quantitative estimate of drug-likeness (QED) is 0.630. The molecule has 0 saturated carbocycles. The molecule has 0 aromatic carbocycles. The molecule has 2 fully saturated rings. The minimum atomic E-state index is -0.250. The van der Waals surface area contributed by atoms with E-state index in [-0.39, 0.29) is 18.9 Å². The molecule has 2 aliphatic rings. The van der Waals surface area contributed by atoms with Crippen molar-refractivity contribution in [2.24, 2.45) is 5.92 Å². The molecule has 9 nitrogen and oxygen atoms in total. The molecule has 1 atom stereocenters. The first-order chi connectivity index (χ1) is 13.6. The fraction of sp³-hybridized carbons (Fsp3) is 0.579. The van der Waals surface area contributed by atoms with E-state index in [1.165, 1.54) is 31.4 Å². The second-order valence-corrected chi connectivity index (χ2v) is 6.66. The van der Waals surface area contributed by atoms with E-state index in [1.54, 1.807) is 0 Å². The molecule has 1 unspecified atom stereocenters. The number of rotatable bonds is 5. The Morgan fingerprint density at radius 2 is 1.71 bits per heavy atom. The zero-order chi connectivity index (χ0) is 20.6. The van der Waals surface area contributed by atoms with Gasteiger partial charge in [0.2, 0.25) is 5.91 Å². The minimum Gasteiger partial charge on any atom is -0.483 e. The van der Waals surface area contributed by atoms with Crippen molar-refractivity contribution in [2.75, 3.05) is 44.2 Å². The lowest BCUT2D eigenvalue weighted by atomic mass is 9.97. The van der Waals surface area contributed by atoms with E-state index >= 15 is 0 Å². The third-order valence-corrected chi connectivity index (χ3v) is 4.70. The average molecular weight is 394 g/mol. The predicted molar refractivity (Wildman–Crippen MR) is 105 cm³/mol. The summed E-state index contributed by atoms with van der Waals surface area (Å²) < 4.78 is 0. The number of hydrogen-bond acceptors (Lipinski definition) is 6. The molecule has 156 valence electrons. The Morgan fingerprint density at radius 3 is 2.32 bits per heavy atom. The van der Waals surface area contributed by atoms with Crippen LogP contribution in [-0.2, 0) is 14.4 Å². The van der Waals surface area contributed by atoms with E-state index in [2.05, 4.69) is 32.2 Å². The molecule has 2 aliphatic heterocycles. The Balaban J connectivity index is 0.000000582. The van der Waals surface area contributed by atoms with Gasteiger partial charge in [0.25, 0.3) is 12.9 Å². The van der Waals surface area contributed by atoms with E-state index < -0.39 is 0 Å². The summed E-state index contributed by atoms with van der Waals surface area (Å²) in [6.07, 6.45) is 8.54. The first kappa shape index (κ1) is 23.4. The van der Waals surface area contributed by atoms with E-state index in [1.807, 2.05) is 12.4 Å². The van der Waals surface area contributed by atoms with Gasteiger partial charge >= 0.3 is 0 Å². The molecule has 28 heavy (non-hydrogen) atoms. The van der Waals surface area contributed by atoms with Crippen LogP contribution in [0, 0.1) is 5.92 Å². The van der Waals surface area contributed by atoms with Gasteiger partial charge in [0.1, 0.15) is 0 Å². The van der Waals surface area contributed by atoms with Crippen LogP contribution in [0.4, 0.5) is 5.69 Å². The highest BCUT2D eigenvalue weighted by Gasteiger charge is 2.21. The monoisotopic (exact) mass is 394 g/mol. The molecule has 0 radical (unpaired) electrons. The molecule has 1 amide bonds. The lowest BCUT2D eigenvalue weighted by Crippen LogP contribution is -2.43. The van der Waals surface area contributed by atoms with Gasteiger partial charge < -0.3 is 20.4 Å². The Morgan fingerprint density at radius 1 is 1.11 bits per heavy atom. The molecule has 2 saturated heterocycles. The first-order valence-corrected chi connectivity index (χ1v) is 9.44. The Labute approximate surface area is 165 Å². The maximum absolute atomic E-state index is 12.0. The highest BCUT2D eigenvalue weighted by Crippen LogP contribution is 2.22. The van der Waals surface area contributed by atoms with Gasteiger partial charge in [-0.15, -0.1) is 0 Å². The van der Waals surface area contributed by atoms with Crippen LogP contribution in [0.25, 0.3) is 0 Å². The van der Waals surface area contributed by atoms with Gasteiger partial charge in [-0.25, -0.2) is 0 Å². The minimum absolute atomic E-state index is 0.183. The maximum Gasteiger partial charge on any atom is 0.290 e. The van der Waals surface area contributed by atoms with Gasteiger partial charge in [0, 0.05) is 37.7 Å². The Bertz CT molecular complexity index is 561. The van der Waals surface area contributed by atoms with E-state index in [0.717, 1.165) is 32.7 Å². The second-order valence-electron chi connectivity index (χ2n) is 6.66. The number of amides is 1. The third-order valence-electron chi connectivity index (χ3n) is 4.70. The predicted octanol–water partition coefficient (Wildman–Crippen LogP) is 0.912. The van der Waals surface area contributed by atoms with Crippen LogP contribution in [0.2, 0.25) is 0 Å². The van der Waals surface area contributed by atoms with Gasteiger partial charge in [-0.05, 0) is 56.8 Å². The molecule has 3 heterocycles. The summed E-state index contributed by atoms with van der Waals surface area (Å²) in [5.41, 5.74) is 1.24. The fourth-order valence-corrected chi connectivity index (χ4v) is 3.48. The van der Waals surface area contributed by atoms with Crippen LogP contribution in [0.15, 0.2) is 24.5 Å². The summed E-state index contributed by atoms with van der Waals surface area (Å²) in [5, 5.41) is 16.9. The van der Waals surface area contributed by atoms with Crippen LogP contribution in [0.3, 0.4) is 0 Å². The molecule has 9 heteroatoms. The Hall–Kier alpha value is -2.68. The summed E-state index contributed by atoms with van der Waals surface area (Å²) in [7, 11) is 0. The fourth-order valence-electron chi connectivity index (χ4n) is 3.48. The summed E-state index contributed by atoms with van der Waals surface area (Å²) >= 11 is 0.